The number of rotatable bonds is 2. The van der Waals surface area contributed by atoms with E-state index in [0.717, 1.165) is 5.65 Å². The SMILES string of the molecule is Clc1cc(Oc2cccn3ccnc23)ncn1. The van der Waals surface area contributed by atoms with Gasteiger partial charge in [0.25, 0.3) is 0 Å². The fraction of sp³-hybridized carbons (Fsp3) is 0. The Morgan fingerprint density at radius 3 is 3.00 bits per heavy atom. The maximum Gasteiger partial charge on any atom is 0.223 e. The molecule has 0 saturated carbocycles. The zero-order valence-corrected chi connectivity index (χ0v) is 9.37. The Morgan fingerprint density at radius 2 is 2.12 bits per heavy atom. The minimum absolute atomic E-state index is 0.338. The number of aromatic nitrogens is 4. The van der Waals surface area contributed by atoms with Crippen LogP contribution in [0.2, 0.25) is 5.15 Å². The molecule has 3 rings (SSSR count). The van der Waals surface area contributed by atoms with Crippen LogP contribution in [0.15, 0.2) is 43.1 Å². The maximum absolute atomic E-state index is 5.76. The van der Waals surface area contributed by atoms with Gasteiger partial charge in [0.1, 0.15) is 11.5 Å². The second-order valence-corrected chi connectivity index (χ2v) is 3.70. The molecule has 17 heavy (non-hydrogen) atoms. The Morgan fingerprint density at radius 1 is 1.18 bits per heavy atom. The van der Waals surface area contributed by atoms with Gasteiger partial charge in [-0.15, -0.1) is 0 Å². The molecule has 3 aromatic heterocycles. The quantitative estimate of drug-likeness (QED) is 0.652. The lowest BCUT2D eigenvalue weighted by molar-refractivity contribution is 0.463. The van der Waals surface area contributed by atoms with Gasteiger partial charge in [0.2, 0.25) is 5.88 Å². The van der Waals surface area contributed by atoms with Gasteiger partial charge < -0.3 is 9.14 Å². The predicted molar refractivity (Wildman–Crippen MR) is 62.3 cm³/mol. The summed E-state index contributed by atoms with van der Waals surface area (Å²) in [6.45, 7) is 0. The molecule has 0 aliphatic carbocycles. The number of nitrogens with zero attached hydrogens (tertiary/aromatic N) is 4. The zero-order chi connectivity index (χ0) is 11.7. The van der Waals surface area contributed by atoms with Crippen molar-refractivity contribution in [1.29, 1.82) is 0 Å². The molecule has 3 aromatic rings. The molecule has 3 heterocycles. The molecular weight excluding hydrogens is 240 g/mol. The zero-order valence-electron chi connectivity index (χ0n) is 8.62. The van der Waals surface area contributed by atoms with Gasteiger partial charge in [0, 0.05) is 24.7 Å². The van der Waals surface area contributed by atoms with Crippen molar-refractivity contribution in [3.8, 4) is 11.6 Å². The van der Waals surface area contributed by atoms with E-state index in [0.29, 0.717) is 16.8 Å². The Balaban J connectivity index is 2.02. The average molecular weight is 247 g/mol. The summed E-state index contributed by atoms with van der Waals surface area (Å²) in [6, 6.07) is 5.24. The molecule has 0 radical (unpaired) electrons. The summed E-state index contributed by atoms with van der Waals surface area (Å²) >= 11 is 5.76. The maximum atomic E-state index is 5.76. The molecule has 84 valence electrons. The second kappa shape index (κ2) is 4.03. The van der Waals surface area contributed by atoms with E-state index >= 15 is 0 Å². The lowest BCUT2D eigenvalue weighted by atomic mass is 10.4. The van der Waals surface area contributed by atoms with Crippen molar-refractivity contribution in [2.45, 2.75) is 0 Å². The van der Waals surface area contributed by atoms with Crippen LogP contribution in [0, 0.1) is 0 Å². The van der Waals surface area contributed by atoms with Crippen molar-refractivity contribution in [1.82, 2.24) is 19.4 Å². The third-order valence-electron chi connectivity index (χ3n) is 2.21. The molecule has 0 saturated heterocycles. The smallest absolute Gasteiger partial charge is 0.223 e. The highest BCUT2D eigenvalue weighted by Gasteiger charge is 2.05. The summed E-state index contributed by atoms with van der Waals surface area (Å²) in [4.78, 5) is 12.0. The largest absolute Gasteiger partial charge is 0.435 e. The van der Waals surface area contributed by atoms with Crippen LogP contribution in [0.3, 0.4) is 0 Å². The summed E-state index contributed by atoms with van der Waals surface area (Å²) in [5, 5.41) is 0.338. The number of fused-ring (bicyclic) bond motifs is 1. The van der Waals surface area contributed by atoms with Gasteiger partial charge in [-0.1, -0.05) is 11.6 Å². The van der Waals surface area contributed by atoms with E-state index < -0.39 is 0 Å². The highest BCUT2D eigenvalue weighted by molar-refractivity contribution is 6.29. The van der Waals surface area contributed by atoms with Gasteiger partial charge >= 0.3 is 0 Å². The molecule has 0 aliphatic heterocycles. The van der Waals surface area contributed by atoms with Crippen LogP contribution in [0.4, 0.5) is 0 Å². The van der Waals surface area contributed by atoms with Crippen molar-refractivity contribution >= 4 is 17.2 Å². The van der Waals surface area contributed by atoms with Crippen molar-refractivity contribution < 1.29 is 4.74 Å². The standard InChI is InChI=1S/C11H7ClN4O/c12-9-6-10(15-7-14-9)17-8-2-1-4-16-5-3-13-11(8)16/h1-7H. The van der Waals surface area contributed by atoms with Crippen LogP contribution >= 0.6 is 11.6 Å². The van der Waals surface area contributed by atoms with Gasteiger partial charge in [-0.3, -0.25) is 0 Å². The molecule has 0 spiro atoms. The second-order valence-electron chi connectivity index (χ2n) is 3.31. The van der Waals surface area contributed by atoms with E-state index in [-0.39, 0.29) is 0 Å². The number of ether oxygens (including phenoxy) is 1. The highest BCUT2D eigenvalue weighted by Crippen LogP contribution is 2.24. The Labute approximate surface area is 102 Å². The average Bonchev–Trinajstić information content (AvgIpc) is 2.78. The van der Waals surface area contributed by atoms with Gasteiger partial charge in [-0.25, -0.2) is 15.0 Å². The summed E-state index contributed by atoms with van der Waals surface area (Å²) < 4.78 is 7.47. The minimum Gasteiger partial charge on any atom is -0.435 e. The summed E-state index contributed by atoms with van der Waals surface area (Å²) in [5.41, 5.74) is 0.724. The van der Waals surface area contributed by atoms with Crippen molar-refractivity contribution in [3.05, 3.63) is 48.3 Å². The number of halogens is 1. The molecule has 0 unspecified atom stereocenters. The van der Waals surface area contributed by atoms with Crippen LogP contribution in [0.25, 0.3) is 5.65 Å². The molecular formula is C11H7ClN4O. The summed E-state index contributed by atoms with van der Waals surface area (Å²) in [7, 11) is 0. The van der Waals surface area contributed by atoms with Crippen molar-refractivity contribution in [3.63, 3.8) is 0 Å². The third kappa shape index (κ3) is 1.92. The Bertz CT molecular complexity index is 667. The number of pyridine rings is 1. The fourth-order valence-corrected chi connectivity index (χ4v) is 1.62. The molecule has 0 atom stereocenters. The van der Waals surface area contributed by atoms with E-state index in [1.807, 2.05) is 28.9 Å². The number of hydrogen-bond donors (Lipinski definition) is 0. The van der Waals surface area contributed by atoms with E-state index in [9.17, 15) is 0 Å². The third-order valence-corrected chi connectivity index (χ3v) is 2.41. The monoisotopic (exact) mass is 246 g/mol. The lowest BCUT2D eigenvalue weighted by Crippen LogP contribution is -1.92. The molecule has 0 fully saturated rings. The van der Waals surface area contributed by atoms with Gasteiger partial charge in [0.05, 0.1) is 0 Å². The van der Waals surface area contributed by atoms with E-state index in [1.165, 1.54) is 6.33 Å². The molecule has 6 heteroatoms. The summed E-state index contributed by atoms with van der Waals surface area (Å²) in [6.07, 6.45) is 6.79. The molecule has 0 aromatic carbocycles. The summed E-state index contributed by atoms with van der Waals surface area (Å²) in [5.74, 6) is 1.01. The molecule has 5 nitrogen and oxygen atoms in total. The molecule has 0 amide bonds. The van der Waals surface area contributed by atoms with Gasteiger partial charge in [-0.2, -0.15) is 0 Å². The molecule has 0 N–H and O–H groups in total. The topological polar surface area (TPSA) is 52.3 Å². The minimum atomic E-state index is 0.338. The van der Waals surface area contributed by atoms with Gasteiger partial charge in [0.15, 0.2) is 11.4 Å². The first-order valence-electron chi connectivity index (χ1n) is 4.90. The number of imidazole rings is 1. The first-order chi connectivity index (χ1) is 8.33. The van der Waals surface area contributed by atoms with E-state index in [2.05, 4.69) is 15.0 Å². The Hall–Kier alpha value is -2.14. The van der Waals surface area contributed by atoms with E-state index in [4.69, 9.17) is 16.3 Å². The Kier molecular flexibility index (Phi) is 2.38. The first-order valence-corrected chi connectivity index (χ1v) is 5.28. The van der Waals surface area contributed by atoms with Crippen LogP contribution in [0.5, 0.6) is 11.6 Å². The first kappa shape index (κ1) is 10.0. The molecule has 0 aliphatic rings. The van der Waals surface area contributed by atoms with Crippen LogP contribution in [-0.4, -0.2) is 19.4 Å². The fourth-order valence-electron chi connectivity index (χ4n) is 1.49. The lowest BCUT2D eigenvalue weighted by Gasteiger charge is -2.05. The normalized spacial score (nSPS) is 10.6. The van der Waals surface area contributed by atoms with Crippen LogP contribution in [-0.2, 0) is 0 Å². The van der Waals surface area contributed by atoms with Crippen molar-refractivity contribution in [2.24, 2.45) is 0 Å². The number of hydrogen-bond acceptors (Lipinski definition) is 4. The van der Waals surface area contributed by atoms with Gasteiger partial charge in [-0.05, 0) is 12.1 Å². The van der Waals surface area contributed by atoms with Crippen LogP contribution in [0.1, 0.15) is 0 Å². The van der Waals surface area contributed by atoms with E-state index in [1.54, 1.807) is 12.3 Å². The highest BCUT2D eigenvalue weighted by atomic mass is 35.5. The van der Waals surface area contributed by atoms with Crippen LogP contribution < -0.4 is 4.74 Å². The predicted octanol–water partition coefficient (Wildman–Crippen LogP) is 2.57. The molecule has 0 bridgehead atoms. The van der Waals surface area contributed by atoms with Crippen molar-refractivity contribution in [2.75, 3.05) is 0 Å².